The normalized spacial score (nSPS) is 18.0. The molecule has 0 radical (unpaired) electrons. The molecule has 1 aromatic rings. The van der Waals surface area contributed by atoms with Crippen LogP contribution in [0.5, 0.6) is 5.75 Å². The lowest BCUT2D eigenvalue weighted by molar-refractivity contribution is 0.0186. The Morgan fingerprint density at radius 1 is 1.06 bits per heavy atom. The van der Waals surface area contributed by atoms with E-state index in [4.69, 9.17) is 19.9 Å². The third kappa shape index (κ3) is 9.17. The Morgan fingerprint density at radius 2 is 1.70 bits per heavy atom. The first-order valence-corrected chi connectivity index (χ1v) is 11.4. The van der Waals surface area contributed by atoms with Gasteiger partial charge in [0.2, 0.25) is 0 Å². The molecule has 0 unspecified atom stereocenters. The van der Waals surface area contributed by atoms with E-state index in [0.29, 0.717) is 45.3 Å². The van der Waals surface area contributed by atoms with E-state index in [0.717, 1.165) is 44.2 Å². The van der Waals surface area contributed by atoms with E-state index in [9.17, 15) is 4.79 Å². The zero-order valence-electron chi connectivity index (χ0n) is 20.0. The van der Waals surface area contributed by atoms with E-state index in [-0.39, 0.29) is 30.1 Å². The quantitative estimate of drug-likeness (QED) is 0.317. The molecule has 0 atom stereocenters. The summed E-state index contributed by atoms with van der Waals surface area (Å²) in [4.78, 5) is 22.9. The number of benzene rings is 1. The second-order valence-electron chi connectivity index (χ2n) is 9.04. The highest BCUT2D eigenvalue weighted by atomic mass is 127. The van der Waals surface area contributed by atoms with Gasteiger partial charge in [0, 0.05) is 51.4 Å². The molecule has 0 aromatic heterocycles. The van der Waals surface area contributed by atoms with Gasteiger partial charge in [-0.1, -0.05) is 18.2 Å². The maximum absolute atomic E-state index is 12.2. The number of hydrogen-bond donors (Lipinski definition) is 1. The Kier molecular flexibility index (Phi) is 11.0. The zero-order valence-corrected chi connectivity index (χ0v) is 22.3. The van der Waals surface area contributed by atoms with Gasteiger partial charge in [0.25, 0.3) is 0 Å². The van der Waals surface area contributed by atoms with Crippen molar-refractivity contribution < 1.29 is 19.0 Å². The van der Waals surface area contributed by atoms with Gasteiger partial charge in [0.05, 0.1) is 19.8 Å². The molecule has 0 bridgehead atoms. The Hall–Kier alpha value is -1.79. The van der Waals surface area contributed by atoms with Crippen molar-refractivity contribution in [3.63, 3.8) is 0 Å². The smallest absolute Gasteiger partial charge is 0.410 e. The summed E-state index contributed by atoms with van der Waals surface area (Å²) in [6.45, 7) is 13.4. The van der Waals surface area contributed by atoms with Crippen LogP contribution in [0.4, 0.5) is 4.79 Å². The molecule has 0 saturated carbocycles. The number of guanidine groups is 1. The minimum absolute atomic E-state index is 0. The molecule has 10 heteroatoms. The van der Waals surface area contributed by atoms with Crippen molar-refractivity contribution in [2.45, 2.75) is 32.9 Å². The van der Waals surface area contributed by atoms with Crippen molar-refractivity contribution in [1.82, 2.24) is 14.7 Å². The maximum atomic E-state index is 12.2. The van der Waals surface area contributed by atoms with E-state index in [2.05, 4.69) is 9.89 Å². The topological polar surface area (TPSA) is 92.9 Å². The number of para-hydroxylation sites is 1. The molecule has 33 heavy (non-hydrogen) atoms. The number of aliphatic imine (C=N–C) groups is 1. The van der Waals surface area contributed by atoms with Gasteiger partial charge in [-0.25, -0.2) is 9.79 Å². The molecule has 2 heterocycles. The highest BCUT2D eigenvalue weighted by Crippen LogP contribution is 2.19. The predicted molar refractivity (Wildman–Crippen MR) is 139 cm³/mol. The molecule has 2 N–H and O–H groups in total. The first kappa shape index (κ1) is 27.5. The van der Waals surface area contributed by atoms with Gasteiger partial charge in [-0.3, -0.25) is 4.90 Å². The second kappa shape index (κ2) is 13.2. The van der Waals surface area contributed by atoms with Crippen LogP contribution >= 0.6 is 24.0 Å². The van der Waals surface area contributed by atoms with Crippen molar-refractivity contribution >= 4 is 36.0 Å². The number of nitrogens with two attached hydrogens (primary N) is 1. The summed E-state index contributed by atoms with van der Waals surface area (Å²) in [6.07, 6.45) is -0.282. The third-order valence-electron chi connectivity index (χ3n) is 5.41. The average Bonchev–Trinajstić information content (AvgIpc) is 2.78. The van der Waals surface area contributed by atoms with Crippen LogP contribution < -0.4 is 10.5 Å². The van der Waals surface area contributed by atoms with Crippen LogP contribution in [0.3, 0.4) is 0 Å². The summed E-state index contributed by atoms with van der Waals surface area (Å²) < 4.78 is 16.9. The summed E-state index contributed by atoms with van der Waals surface area (Å²) in [5.74, 6) is 1.32. The van der Waals surface area contributed by atoms with Crippen LogP contribution in [0.2, 0.25) is 0 Å². The van der Waals surface area contributed by atoms with Crippen molar-refractivity contribution in [3.05, 3.63) is 29.8 Å². The molecule has 0 spiro atoms. The lowest BCUT2D eigenvalue weighted by Crippen LogP contribution is -2.53. The van der Waals surface area contributed by atoms with Gasteiger partial charge < -0.3 is 29.7 Å². The predicted octanol–water partition coefficient (Wildman–Crippen LogP) is 2.38. The molecule has 2 aliphatic heterocycles. The Morgan fingerprint density at radius 3 is 2.36 bits per heavy atom. The number of morpholine rings is 1. The average molecular weight is 575 g/mol. The monoisotopic (exact) mass is 575 g/mol. The minimum atomic E-state index is -0.494. The molecular formula is C23H38IN5O4. The Balaban J connectivity index is 0.00000385. The standard InChI is InChI=1S/C23H37N5O4.HI/c1-23(2,3)32-22(29)28-10-8-27(9-11-28)21(24)25-18-19-6-4-5-7-20(19)31-17-14-26-12-15-30-16-13-26;/h4-7H,8-18H2,1-3H3,(H2,24,25);1H. The van der Waals surface area contributed by atoms with E-state index >= 15 is 0 Å². The van der Waals surface area contributed by atoms with Crippen molar-refractivity contribution in [3.8, 4) is 5.75 Å². The number of rotatable bonds is 6. The first-order chi connectivity index (χ1) is 15.3. The summed E-state index contributed by atoms with van der Waals surface area (Å²) in [6, 6.07) is 7.94. The fourth-order valence-corrected chi connectivity index (χ4v) is 3.60. The molecule has 1 aromatic carbocycles. The van der Waals surface area contributed by atoms with Crippen molar-refractivity contribution in [1.29, 1.82) is 0 Å². The number of piperazine rings is 1. The SMILES string of the molecule is CC(C)(C)OC(=O)N1CCN(C(N)=NCc2ccccc2OCCN2CCOCC2)CC1.I. The number of carbonyl (C=O) groups is 1. The van der Waals surface area contributed by atoms with Crippen LogP contribution in [-0.4, -0.2) is 98.0 Å². The maximum Gasteiger partial charge on any atom is 0.410 e. The lowest BCUT2D eigenvalue weighted by Gasteiger charge is -2.36. The van der Waals surface area contributed by atoms with Gasteiger partial charge in [0.15, 0.2) is 5.96 Å². The van der Waals surface area contributed by atoms with Crippen LogP contribution in [0.25, 0.3) is 0 Å². The van der Waals surface area contributed by atoms with Crippen LogP contribution in [0.15, 0.2) is 29.3 Å². The number of ether oxygens (including phenoxy) is 3. The molecule has 0 aliphatic carbocycles. The molecule has 2 aliphatic rings. The van der Waals surface area contributed by atoms with Crippen LogP contribution in [-0.2, 0) is 16.0 Å². The number of carbonyl (C=O) groups excluding carboxylic acids is 1. The Labute approximate surface area is 214 Å². The van der Waals surface area contributed by atoms with E-state index < -0.39 is 5.60 Å². The fourth-order valence-electron chi connectivity index (χ4n) is 3.60. The summed E-state index contributed by atoms with van der Waals surface area (Å²) in [7, 11) is 0. The van der Waals surface area contributed by atoms with Gasteiger partial charge in [-0.2, -0.15) is 0 Å². The summed E-state index contributed by atoms with van der Waals surface area (Å²) >= 11 is 0. The largest absolute Gasteiger partial charge is 0.492 e. The summed E-state index contributed by atoms with van der Waals surface area (Å²) in [5, 5.41) is 0. The first-order valence-electron chi connectivity index (χ1n) is 11.4. The van der Waals surface area contributed by atoms with Crippen molar-refractivity contribution in [2.75, 3.05) is 65.6 Å². The second-order valence-corrected chi connectivity index (χ2v) is 9.04. The minimum Gasteiger partial charge on any atom is -0.492 e. The van der Waals surface area contributed by atoms with E-state index in [1.54, 1.807) is 4.90 Å². The zero-order chi connectivity index (χ0) is 23.0. The Bertz CT molecular complexity index is 772. The third-order valence-corrected chi connectivity index (χ3v) is 5.41. The highest BCUT2D eigenvalue weighted by Gasteiger charge is 2.26. The van der Waals surface area contributed by atoms with Crippen molar-refractivity contribution in [2.24, 2.45) is 10.7 Å². The van der Waals surface area contributed by atoms with Crippen LogP contribution in [0.1, 0.15) is 26.3 Å². The van der Waals surface area contributed by atoms with Gasteiger partial charge in [0.1, 0.15) is 18.0 Å². The van der Waals surface area contributed by atoms with Crippen LogP contribution in [0, 0.1) is 0 Å². The lowest BCUT2D eigenvalue weighted by atomic mass is 10.2. The highest BCUT2D eigenvalue weighted by molar-refractivity contribution is 14.0. The molecule has 2 fully saturated rings. The summed E-state index contributed by atoms with van der Waals surface area (Å²) in [5.41, 5.74) is 6.76. The fraction of sp³-hybridized carbons (Fsp3) is 0.652. The van der Waals surface area contributed by atoms with Gasteiger partial charge >= 0.3 is 6.09 Å². The molecule has 2 saturated heterocycles. The number of amides is 1. The molecule has 3 rings (SSSR count). The number of nitrogens with zero attached hydrogens (tertiary/aromatic N) is 4. The number of hydrogen-bond acceptors (Lipinski definition) is 6. The van der Waals surface area contributed by atoms with Gasteiger partial charge in [-0.15, -0.1) is 24.0 Å². The van der Waals surface area contributed by atoms with E-state index in [1.165, 1.54) is 0 Å². The van der Waals surface area contributed by atoms with E-state index in [1.807, 2.05) is 49.9 Å². The molecular weight excluding hydrogens is 537 g/mol. The molecule has 9 nitrogen and oxygen atoms in total. The van der Waals surface area contributed by atoms with Gasteiger partial charge in [-0.05, 0) is 26.8 Å². The number of halogens is 1. The molecule has 1 amide bonds. The molecule has 186 valence electrons.